The summed E-state index contributed by atoms with van der Waals surface area (Å²) in [6, 6.07) is 12.2. The Morgan fingerprint density at radius 2 is 1.80 bits per heavy atom. The number of hydrogen-bond acceptors (Lipinski definition) is 5. The van der Waals surface area contributed by atoms with Crippen LogP contribution in [0, 0.1) is 0 Å². The Bertz CT molecular complexity index is 1140. The molecular weight excluding hydrogens is 471 g/mol. The van der Waals surface area contributed by atoms with Crippen molar-refractivity contribution >= 4 is 49.0 Å². The highest BCUT2D eigenvalue weighted by Crippen LogP contribution is 2.27. The second-order valence-electron chi connectivity index (χ2n) is 7.00. The van der Waals surface area contributed by atoms with Crippen LogP contribution in [0.15, 0.2) is 53.4 Å². The lowest BCUT2D eigenvalue weighted by atomic mass is 10.2. The fourth-order valence-corrected chi connectivity index (χ4v) is 6.59. The highest BCUT2D eigenvalue weighted by Gasteiger charge is 2.31. The van der Waals surface area contributed by atoms with Crippen molar-refractivity contribution in [3.8, 4) is 0 Å². The van der Waals surface area contributed by atoms with Gasteiger partial charge in [-0.25, -0.2) is 16.8 Å². The monoisotopic (exact) mass is 490 g/mol. The number of carbonyl (C=O) groups excluding carboxylic acids is 1. The first kappa shape index (κ1) is 23.0. The number of nitrogens with one attached hydrogen (secondary N) is 1. The van der Waals surface area contributed by atoms with Gasteiger partial charge in [0.1, 0.15) is 0 Å². The Kier molecular flexibility index (Phi) is 7.09. The zero-order chi connectivity index (χ0) is 21.9. The van der Waals surface area contributed by atoms with E-state index in [1.807, 2.05) is 0 Å². The summed E-state index contributed by atoms with van der Waals surface area (Å²) in [6.45, 7) is -0.506. The van der Waals surface area contributed by atoms with Crippen molar-refractivity contribution in [2.45, 2.75) is 23.9 Å². The second-order valence-corrected chi connectivity index (χ2v) is 12.0. The van der Waals surface area contributed by atoms with E-state index in [0.29, 0.717) is 12.0 Å². The molecule has 7 nitrogen and oxygen atoms in total. The molecule has 1 amide bonds. The summed E-state index contributed by atoms with van der Waals surface area (Å²) in [5, 5.41) is 2.92. The molecule has 162 valence electrons. The van der Waals surface area contributed by atoms with E-state index in [9.17, 15) is 21.6 Å². The zero-order valence-electron chi connectivity index (χ0n) is 15.8. The molecule has 0 bridgehead atoms. The van der Waals surface area contributed by atoms with Crippen LogP contribution >= 0.6 is 23.2 Å². The van der Waals surface area contributed by atoms with Gasteiger partial charge < -0.3 is 5.32 Å². The predicted octanol–water partition coefficient (Wildman–Crippen LogP) is 2.49. The van der Waals surface area contributed by atoms with Crippen molar-refractivity contribution in [1.29, 1.82) is 0 Å². The van der Waals surface area contributed by atoms with Crippen LogP contribution in [0.3, 0.4) is 0 Å². The van der Waals surface area contributed by atoms with Crippen molar-refractivity contribution < 1.29 is 21.6 Å². The number of carbonyl (C=O) groups is 1. The number of hydrogen-bond donors (Lipinski definition) is 1. The molecule has 0 spiro atoms. The zero-order valence-corrected chi connectivity index (χ0v) is 18.9. The molecule has 2 aromatic rings. The predicted molar refractivity (Wildman–Crippen MR) is 116 cm³/mol. The van der Waals surface area contributed by atoms with E-state index in [4.69, 9.17) is 23.2 Å². The first-order chi connectivity index (χ1) is 14.1. The SMILES string of the molecule is O=C(CN(Cc1ccccc1)S(=O)(=O)c1ccc(Cl)c(Cl)c1)NC1CCS(=O)(=O)C1. The third-order valence-corrected chi connectivity index (χ3v) is 8.94. The topological polar surface area (TPSA) is 101 Å². The second kappa shape index (κ2) is 9.23. The lowest BCUT2D eigenvalue weighted by Crippen LogP contribution is -2.44. The summed E-state index contributed by atoms with van der Waals surface area (Å²) >= 11 is 11.9. The van der Waals surface area contributed by atoms with Crippen LogP contribution in [0.4, 0.5) is 0 Å². The van der Waals surface area contributed by atoms with Gasteiger partial charge in [-0.1, -0.05) is 53.5 Å². The van der Waals surface area contributed by atoms with Gasteiger partial charge in [0.05, 0.1) is 33.0 Å². The molecule has 30 heavy (non-hydrogen) atoms. The van der Waals surface area contributed by atoms with E-state index in [0.717, 1.165) is 4.31 Å². The van der Waals surface area contributed by atoms with Gasteiger partial charge in [0.25, 0.3) is 0 Å². The van der Waals surface area contributed by atoms with E-state index >= 15 is 0 Å². The van der Waals surface area contributed by atoms with Crippen LogP contribution in [0.25, 0.3) is 0 Å². The fraction of sp³-hybridized carbons (Fsp3) is 0.316. The van der Waals surface area contributed by atoms with Gasteiger partial charge >= 0.3 is 0 Å². The van der Waals surface area contributed by atoms with Crippen molar-refractivity contribution in [2.24, 2.45) is 0 Å². The Balaban J connectivity index is 1.84. The minimum atomic E-state index is -4.08. The molecule has 11 heteroatoms. The van der Waals surface area contributed by atoms with Crippen LogP contribution in [0.5, 0.6) is 0 Å². The van der Waals surface area contributed by atoms with Crippen LogP contribution in [0.1, 0.15) is 12.0 Å². The average molecular weight is 491 g/mol. The number of rotatable bonds is 7. The van der Waals surface area contributed by atoms with Gasteiger partial charge in [0.2, 0.25) is 15.9 Å². The summed E-state index contributed by atoms with van der Waals surface area (Å²) in [4.78, 5) is 12.5. The highest BCUT2D eigenvalue weighted by molar-refractivity contribution is 7.91. The Labute approximate surface area is 186 Å². The molecule has 1 atom stereocenters. The minimum absolute atomic E-state index is 0.00719. The molecule has 0 aromatic heterocycles. The number of amides is 1. The van der Waals surface area contributed by atoms with Crippen LogP contribution < -0.4 is 5.32 Å². The minimum Gasteiger partial charge on any atom is -0.351 e. The van der Waals surface area contributed by atoms with Crippen molar-refractivity contribution in [3.05, 3.63) is 64.1 Å². The lowest BCUT2D eigenvalue weighted by Gasteiger charge is -2.23. The van der Waals surface area contributed by atoms with Gasteiger partial charge in [-0.05, 0) is 30.2 Å². The third kappa shape index (κ3) is 5.73. The summed E-state index contributed by atoms with van der Waals surface area (Å²) in [6.07, 6.45) is 0.312. The Morgan fingerprint density at radius 3 is 2.40 bits per heavy atom. The molecule has 1 aliphatic rings. The number of sulfone groups is 1. The standard InChI is InChI=1S/C19H20Cl2N2O5S2/c20-17-7-6-16(10-18(17)21)30(27,28)23(11-14-4-2-1-3-5-14)12-19(24)22-15-8-9-29(25,26)13-15/h1-7,10,15H,8-9,11-13H2,(H,22,24). The van der Waals surface area contributed by atoms with Crippen LogP contribution in [-0.2, 0) is 31.2 Å². The fourth-order valence-electron chi connectivity index (χ4n) is 3.14. The summed E-state index contributed by atoms with van der Waals surface area (Å²) in [7, 11) is -7.25. The molecule has 1 aliphatic heterocycles. The Hall–Kier alpha value is -1.65. The molecule has 1 heterocycles. The first-order valence-corrected chi connectivity index (χ1v) is 13.1. The van der Waals surface area contributed by atoms with Crippen molar-refractivity contribution in [1.82, 2.24) is 9.62 Å². The van der Waals surface area contributed by atoms with E-state index in [1.54, 1.807) is 30.3 Å². The smallest absolute Gasteiger partial charge is 0.243 e. The molecule has 1 fully saturated rings. The first-order valence-electron chi connectivity index (χ1n) is 9.06. The number of halogens is 2. The molecule has 0 aliphatic carbocycles. The maximum Gasteiger partial charge on any atom is 0.243 e. The molecule has 3 rings (SSSR count). The normalized spacial score (nSPS) is 18.4. The quantitative estimate of drug-likeness (QED) is 0.642. The number of sulfonamides is 1. The van der Waals surface area contributed by atoms with E-state index in [1.165, 1.54) is 18.2 Å². The van der Waals surface area contributed by atoms with Gasteiger partial charge in [0, 0.05) is 12.6 Å². The summed E-state index contributed by atoms with van der Waals surface area (Å²) in [5.74, 6) is -0.707. The molecular formula is C19H20Cl2N2O5S2. The maximum atomic E-state index is 13.2. The maximum absolute atomic E-state index is 13.2. The molecule has 1 unspecified atom stereocenters. The van der Waals surface area contributed by atoms with Gasteiger partial charge in [0.15, 0.2) is 9.84 Å². The van der Waals surface area contributed by atoms with Gasteiger partial charge in [-0.2, -0.15) is 4.31 Å². The summed E-state index contributed by atoms with van der Waals surface area (Å²) < 4.78 is 50.7. The highest BCUT2D eigenvalue weighted by atomic mass is 35.5. The van der Waals surface area contributed by atoms with Gasteiger partial charge in [-0.15, -0.1) is 0 Å². The molecule has 0 saturated carbocycles. The molecule has 0 radical (unpaired) electrons. The largest absolute Gasteiger partial charge is 0.351 e. The number of benzene rings is 2. The van der Waals surface area contributed by atoms with Crippen molar-refractivity contribution in [3.63, 3.8) is 0 Å². The van der Waals surface area contributed by atoms with E-state index in [2.05, 4.69) is 5.32 Å². The van der Waals surface area contributed by atoms with Crippen LogP contribution in [0.2, 0.25) is 10.0 Å². The molecule has 1 N–H and O–H groups in total. The van der Waals surface area contributed by atoms with Gasteiger partial charge in [-0.3, -0.25) is 4.79 Å². The molecule has 1 saturated heterocycles. The third-order valence-electron chi connectivity index (χ3n) is 4.65. The van der Waals surface area contributed by atoms with E-state index < -0.39 is 38.4 Å². The Morgan fingerprint density at radius 1 is 1.10 bits per heavy atom. The lowest BCUT2D eigenvalue weighted by molar-refractivity contribution is -0.121. The van der Waals surface area contributed by atoms with E-state index in [-0.39, 0.29) is 33.0 Å². The number of nitrogens with zero attached hydrogens (tertiary/aromatic N) is 1. The summed E-state index contributed by atoms with van der Waals surface area (Å²) in [5.41, 5.74) is 0.692. The molecule has 2 aromatic carbocycles. The average Bonchev–Trinajstić information content (AvgIpc) is 3.02. The van der Waals surface area contributed by atoms with Crippen molar-refractivity contribution in [2.75, 3.05) is 18.1 Å². The van der Waals surface area contributed by atoms with Crippen LogP contribution in [-0.4, -0.2) is 51.1 Å².